The van der Waals surface area contributed by atoms with Crippen LogP contribution >= 0.6 is 0 Å². The topological polar surface area (TPSA) is 45.3 Å². The summed E-state index contributed by atoms with van der Waals surface area (Å²) in [7, 11) is 0. The number of benzene rings is 1. The van der Waals surface area contributed by atoms with Gasteiger partial charge in [0.15, 0.2) is 0 Å². The second kappa shape index (κ2) is 6.36. The molecular formula is C19H26N2O2. The number of ether oxygens (including phenoxy) is 1. The van der Waals surface area contributed by atoms with Gasteiger partial charge in [-0.1, -0.05) is 24.6 Å². The fourth-order valence-electron chi connectivity index (χ4n) is 3.30. The van der Waals surface area contributed by atoms with Crippen molar-refractivity contribution in [1.82, 2.24) is 9.88 Å². The summed E-state index contributed by atoms with van der Waals surface area (Å²) in [4.78, 5) is 18.1. The van der Waals surface area contributed by atoms with E-state index in [4.69, 9.17) is 4.74 Å². The van der Waals surface area contributed by atoms with Gasteiger partial charge in [-0.25, -0.2) is 0 Å². The number of nitrogens with one attached hydrogen (secondary N) is 1. The number of hydrogen-bond donors (Lipinski definition) is 1. The minimum absolute atomic E-state index is 0.0861. The Morgan fingerprint density at radius 3 is 2.87 bits per heavy atom. The predicted molar refractivity (Wildman–Crippen MR) is 92.2 cm³/mol. The molecule has 124 valence electrons. The van der Waals surface area contributed by atoms with Crippen LogP contribution in [0.1, 0.15) is 45.6 Å². The van der Waals surface area contributed by atoms with Gasteiger partial charge in [0, 0.05) is 23.6 Å². The smallest absolute Gasteiger partial charge is 0.323 e. The summed E-state index contributed by atoms with van der Waals surface area (Å²) in [5, 5.41) is 1.24. The van der Waals surface area contributed by atoms with Crippen LogP contribution in [0.15, 0.2) is 30.5 Å². The van der Waals surface area contributed by atoms with Gasteiger partial charge in [-0.05, 0) is 51.8 Å². The molecule has 23 heavy (non-hydrogen) atoms. The average Bonchev–Trinajstić information content (AvgIpc) is 2.89. The summed E-state index contributed by atoms with van der Waals surface area (Å²) in [5.41, 5.74) is 1.96. The van der Waals surface area contributed by atoms with E-state index in [0.717, 1.165) is 37.9 Å². The molecule has 0 saturated carbocycles. The monoisotopic (exact) mass is 314 g/mol. The van der Waals surface area contributed by atoms with Gasteiger partial charge in [0.1, 0.15) is 11.6 Å². The lowest BCUT2D eigenvalue weighted by molar-refractivity contribution is -0.163. The first-order chi connectivity index (χ1) is 10.9. The first kappa shape index (κ1) is 16.1. The highest BCUT2D eigenvalue weighted by molar-refractivity contribution is 5.83. The van der Waals surface area contributed by atoms with Crippen LogP contribution in [-0.4, -0.2) is 34.0 Å². The van der Waals surface area contributed by atoms with Crippen LogP contribution in [0.25, 0.3) is 10.9 Å². The highest BCUT2D eigenvalue weighted by Crippen LogP contribution is 2.25. The first-order valence-electron chi connectivity index (χ1n) is 8.46. The molecular weight excluding hydrogens is 288 g/mol. The van der Waals surface area contributed by atoms with Crippen LogP contribution in [0.4, 0.5) is 0 Å². The number of aromatic nitrogens is 1. The number of hydrogen-bond acceptors (Lipinski definition) is 3. The van der Waals surface area contributed by atoms with Crippen LogP contribution in [0, 0.1) is 0 Å². The predicted octanol–water partition coefficient (Wildman–Crippen LogP) is 3.86. The normalized spacial score (nSPS) is 19.9. The summed E-state index contributed by atoms with van der Waals surface area (Å²) in [6.45, 7) is 7.52. The molecule has 1 saturated heterocycles. The second-order valence-electron chi connectivity index (χ2n) is 7.38. The van der Waals surface area contributed by atoms with Crippen LogP contribution < -0.4 is 0 Å². The molecule has 0 bridgehead atoms. The Balaban J connectivity index is 1.78. The van der Waals surface area contributed by atoms with E-state index in [1.165, 1.54) is 10.9 Å². The number of piperidine rings is 1. The summed E-state index contributed by atoms with van der Waals surface area (Å²) in [6.07, 6.45) is 5.18. The number of nitrogens with zero attached hydrogens (tertiary/aromatic N) is 1. The molecule has 0 unspecified atom stereocenters. The van der Waals surface area contributed by atoms with Crippen molar-refractivity contribution in [1.29, 1.82) is 0 Å². The molecule has 0 radical (unpaired) electrons. The Kier molecular flexibility index (Phi) is 4.44. The molecule has 0 aliphatic carbocycles. The molecule has 0 spiro atoms. The Labute approximate surface area is 137 Å². The third-order valence-electron chi connectivity index (χ3n) is 4.34. The van der Waals surface area contributed by atoms with Crippen molar-refractivity contribution in [2.75, 3.05) is 6.54 Å². The maximum atomic E-state index is 12.5. The van der Waals surface area contributed by atoms with E-state index in [-0.39, 0.29) is 12.0 Å². The van der Waals surface area contributed by atoms with E-state index in [1.807, 2.05) is 26.8 Å². The summed E-state index contributed by atoms with van der Waals surface area (Å²) < 4.78 is 5.63. The SMILES string of the molecule is CC(C)(C)OC(=O)[C@@H]1CCCCN1Cc1c[nH]c2ccccc12. The lowest BCUT2D eigenvalue weighted by Crippen LogP contribution is -2.46. The molecule has 2 aromatic rings. The van der Waals surface area contributed by atoms with Crippen molar-refractivity contribution < 1.29 is 9.53 Å². The molecule has 1 atom stereocenters. The fraction of sp³-hybridized carbons (Fsp3) is 0.526. The molecule has 4 nitrogen and oxygen atoms in total. The van der Waals surface area contributed by atoms with E-state index in [1.54, 1.807) is 0 Å². The van der Waals surface area contributed by atoms with Gasteiger partial charge < -0.3 is 9.72 Å². The van der Waals surface area contributed by atoms with Gasteiger partial charge in [0.25, 0.3) is 0 Å². The number of para-hydroxylation sites is 1. The van der Waals surface area contributed by atoms with E-state index in [9.17, 15) is 4.79 Å². The molecule has 2 heterocycles. The van der Waals surface area contributed by atoms with Crippen molar-refractivity contribution >= 4 is 16.9 Å². The molecule has 1 N–H and O–H groups in total. The number of H-pyrrole nitrogens is 1. The number of carbonyl (C=O) groups is 1. The summed E-state index contributed by atoms with van der Waals surface area (Å²) in [6, 6.07) is 8.18. The van der Waals surface area contributed by atoms with Crippen LogP contribution in [-0.2, 0) is 16.1 Å². The maximum Gasteiger partial charge on any atom is 0.323 e. The average molecular weight is 314 g/mol. The van der Waals surface area contributed by atoms with Gasteiger partial charge >= 0.3 is 5.97 Å². The number of esters is 1. The van der Waals surface area contributed by atoms with Crippen molar-refractivity contribution in [2.45, 2.75) is 58.2 Å². The largest absolute Gasteiger partial charge is 0.459 e. The number of fused-ring (bicyclic) bond motifs is 1. The van der Waals surface area contributed by atoms with Gasteiger partial charge in [-0.15, -0.1) is 0 Å². The van der Waals surface area contributed by atoms with Crippen molar-refractivity contribution in [3.05, 3.63) is 36.0 Å². The van der Waals surface area contributed by atoms with Gasteiger partial charge in [-0.3, -0.25) is 9.69 Å². The molecule has 1 aromatic carbocycles. The molecule has 0 amide bonds. The fourth-order valence-corrected chi connectivity index (χ4v) is 3.30. The Morgan fingerprint density at radius 1 is 1.30 bits per heavy atom. The molecule has 4 heteroatoms. The first-order valence-corrected chi connectivity index (χ1v) is 8.46. The van der Waals surface area contributed by atoms with E-state index in [0.29, 0.717) is 0 Å². The molecule has 1 aliphatic heterocycles. The number of carbonyl (C=O) groups excluding carboxylic acids is 1. The molecule has 1 fully saturated rings. The minimum atomic E-state index is -0.430. The number of aromatic amines is 1. The van der Waals surface area contributed by atoms with E-state index < -0.39 is 5.60 Å². The summed E-state index contributed by atoms with van der Waals surface area (Å²) >= 11 is 0. The van der Waals surface area contributed by atoms with Crippen molar-refractivity contribution in [3.8, 4) is 0 Å². The van der Waals surface area contributed by atoms with Gasteiger partial charge in [-0.2, -0.15) is 0 Å². The third-order valence-corrected chi connectivity index (χ3v) is 4.34. The second-order valence-corrected chi connectivity index (χ2v) is 7.38. The number of likely N-dealkylation sites (tertiary alicyclic amines) is 1. The standard InChI is InChI=1S/C19H26N2O2/c1-19(2,3)23-18(22)17-10-6-7-11-21(17)13-14-12-20-16-9-5-4-8-15(14)16/h4-5,8-9,12,17,20H,6-7,10-11,13H2,1-3H3/t17-/m0/s1. The zero-order valence-electron chi connectivity index (χ0n) is 14.3. The quantitative estimate of drug-likeness (QED) is 0.875. The highest BCUT2D eigenvalue weighted by Gasteiger charge is 2.32. The van der Waals surface area contributed by atoms with Crippen molar-refractivity contribution in [2.24, 2.45) is 0 Å². The maximum absolute atomic E-state index is 12.5. The zero-order chi connectivity index (χ0) is 16.4. The molecule has 1 aromatic heterocycles. The highest BCUT2D eigenvalue weighted by atomic mass is 16.6. The van der Waals surface area contributed by atoms with E-state index in [2.05, 4.69) is 34.3 Å². The Hall–Kier alpha value is -1.81. The lowest BCUT2D eigenvalue weighted by Gasteiger charge is -2.35. The van der Waals surface area contributed by atoms with Crippen molar-refractivity contribution in [3.63, 3.8) is 0 Å². The van der Waals surface area contributed by atoms with Crippen LogP contribution in [0.2, 0.25) is 0 Å². The van der Waals surface area contributed by atoms with E-state index >= 15 is 0 Å². The minimum Gasteiger partial charge on any atom is -0.459 e. The number of rotatable bonds is 3. The lowest BCUT2D eigenvalue weighted by atomic mass is 10.0. The summed E-state index contributed by atoms with van der Waals surface area (Å²) in [5.74, 6) is -0.0861. The zero-order valence-corrected chi connectivity index (χ0v) is 14.3. The van der Waals surface area contributed by atoms with Crippen LogP contribution in [0.3, 0.4) is 0 Å². The van der Waals surface area contributed by atoms with Gasteiger partial charge in [0.05, 0.1) is 0 Å². The molecule has 1 aliphatic rings. The van der Waals surface area contributed by atoms with Gasteiger partial charge in [0.2, 0.25) is 0 Å². The Bertz CT molecular complexity index is 684. The molecule has 3 rings (SSSR count). The van der Waals surface area contributed by atoms with Crippen LogP contribution in [0.5, 0.6) is 0 Å². The Morgan fingerprint density at radius 2 is 2.09 bits per heavy atom. The third kappa shape index (κ3) is 3.75.